The number of fused-ring (bicyclic) bond motifs is 1. The van der Waals surface area contributed by atoms with E-state index in [1.165, 1.54) is 10.4 Å². The maximum Gasteiger partial charge on any atom is 0.243 e. The summed E-state index contributed by atoms with van der Waals surface area (Å²) in [6.45, 7) is 1.66. The van der Waals surface area contributed by atoms with Gasteiger partial charge in [0.2, 0.25) is 15.9 Å². The molecule has 0 aliphatic rings. The summed E-state index contributed by atoms with van der Waals surface area (Å²) in [5.41, 5.74) is 2.35. The molecule has 4 aromatic rings. The van der Waals surface area contributed by atoms with Crippen LogP contribution in [-0.2, 0) is 21.2 Å². The Balaban J connectivity index is 1.60. The van der Waals surface area contributed by atoms with Gasteiger partial charge in [-0.15, -0.1) is 0 Å². The van der Waals surface area contributed by atoms with E-state index in [1.54, 1.807) is 26.2 Å². The lowest BCUT2D eigenvalue weighted by Crippen LogP contribution is -2.39. The molecule has 6 nitrogen and oxygen atoms in total. The second-order valence-corrected chi connectivity index (χ2v) is 10.2. The number of carbonyl (C=O) groups excluding carboxylic acids is 1. The molecule has 4 rings (SSSR count). The van der Waals surface area contributed by atoms with E-state index in [2.05, 4.69) is 5.32 Å². The van der Waals surface area contributed by atoms with Crippen molar-refractivity contribution in [2.75, 3.05) is 25.5 Å². The number of hydrogen-bond acceptors (Lipinski definition) is 4. The van der Waals surface area contributed by atoms with Crippen molar-refractivity contribution in [3.05, 3.63) is 102 Å². The van der Waals surface area contributed by atoms with E-state index in [9.17, 15) is 13.2 Å². The van der Waals surface area contributed by atoms with Crippen LogP contribution in [0.25, 0.3) is 10.8 Å². The molecule has 0 saturated carbocycles. The molecule has 180 valence electrons. The third-order valence-corrected chi connectivity index (χ3v) is 7.72. The minimum Gasteiger partial charge on any atom is -0.496 e. The van der Waals surface area contributed by atoms with Crippen molar-refractivity contribution in [1.29, 1.82) is 0 Å². The number of anilines is 1. The van der Waals surface area contributed by atoms with Gasteiger partial charge in [-0.05, 0) is 54.1 Å². The molecule has 0 unspecified atom stereocenters. The molecule has 4 aromatic carbocycles. The zero-order valence-corrected chi connectivity index (χ0v) is 20.6. The van der Waals surface area contributed by atoms with Crippen LogP contribution in [-0.4, -0.2) is 38.8 Å². The van der Waals surface area contributed by atoms with E-state index in [1.807, 2.05) is 72.8 Å². The monoisotopic (exact) mass is 488 g/mol. The summed E-state index contributed by atoms with van der Waals surface area (Å²) in [6, 6.07) is 27.7. The highest BCUT2D eigenvalue weighted by Crippen LogP contribution is 2.25. The molecular formula is C28H28N2O4S. The normalized spacial score (nSPS) is 11.5. The Morgan fingerprint density at radius 1 is 0.914 bits per heavy atom. The number of hydrogen-bond donors (Lipinski definition) is 1. The number of nitrogens with one attached hydrogen (secondary N) is 1. The molecule has 0 aliphatic heterocycles. The standard InChI is InChI=1S/C28H28N2O4S/c1-21-19-24(15-16-27(21)34-2)35(32,33)30(18-17-22-9-4-3-5-10-22)20-28(31)29-26-14-8-12-23-11-6-7-13-25(23)26/h3-16,19H,17-18,20H2,1-2H3,(H,29,31). The summed E-state index contributed by atoms with van der Waals surface area (Å²) < 4.78 is 33.7. The highest BCUT2D eigenvalue weighted by molar-refractivity contribution is 7.89. The first kappa shape index (κ1) is 24.4. The Bertz CT molecular complexity index is 1430. The number of methoxy groups -OCH3 is 1. The zero-order valence-electron chi connectivity index (χ0n) is 19.8. The smallest absolute Gasteiger partial charge is 0.243 e. The fourth-order valence-electron chi connectivity index (χ4n) is 4.03. The van der Waals surface area contributed by atoms with E-state index in [0.29, 0.717) is 23.4 Å². The Morgan fingerprint density at radius 2 is 1.63 bits per heavy atom. The highest BCUT2D eigenvalue weighted by atomic mass is 32.2. The van der Waals surface area contributed by atoms with Crippen molar-refractivity contribution in [1.82, 2.24) is 4.31 Å². The van der Waals surface area contributed by atoms with Crippen LogP contribution in [0.15, 0.2) is 95.9 Å². The minimum absolute atomic E-state index is 0.127. The number of ether oxygens (including phenoxy) is 1. The molecule has 0 atom stereocenters. The number of benzene rings is 4. The summed E-state index contributed by atoms with van der Waals surface area (Å²) in [5.74, 6) is 0.205. The Kier molecular flexibility index (Phi) is 7.48. The van der Waals surface area contributed by atoms with E-state index in [4.69, 9.17) is 4.74 Å². The summed E-state index contributed by atoms with van der Waals surface area (Å²) in [7, 11) is -2.39. The fraction of sp³-hybridized carbons (Fsp3) is 0.179. The first-order valence-electron chi connectivity index (χ1n) is 11.3. The molecule has 0 bridgehead atoms. The number of amides is 1. The van der Waals surface area contributed by atoms with Crippen molar-refractivity contribution >= 4 is 32.4 Å². The topological polar surface area (TPSA) is 75.7 Å². The van der Waals surface area contributed by atoms with Crippen molar-refractivity contribution < 1.29 is 17.9 Å². The first-order valence-corrected chi connectivity index (χ1v) is 12.8. The van der Waals surface area contributed by atoms with Gasteiger partial charge >= 0.3 is 0 Å². The number of nitrogens with zero attached hydrogens (tertiary/aromatic N) is 1. The molecule has 0 heterocycles. The third-order valence-electron chi connectivity index (χ3n) is 5.88. The van der Waals surface area contributed by atoms with Crippen LogP contribution in [0.4, 0.5) is 5.69 Å². The van der Waals surface area contributed by atoms with Gasteiger partial charge in [-0.25, -0.2) is 8.42 Å². The maximum atomic E-state index is 13.6. The molecule has 0 aliphatic carbocycles. The third kappa shape index (κ3) is 5.70. The van der Waals surface area contributed by atoms with Gasteiger partial charge in [0.25, 0.3) is 0 Å². The van der Waals surface area contributed by atoms with Gasteiger partial charge in [-0.3, -0.25) is 4.79 Å². The molecular weight excluding hydrogens is 460 g/mol. The number of sulfonamides is 1. The van der Waals surface area contributed by atoms with Gasteiger partial charge in [-0.1, -0.05) is 66.7 Å². The highest BCUT2D eigenvalue weighted by Gasteiger charge is 2.27. The predicted molar refractivity (Wildman–Crippen MR) is 139 cm³/mol. The van der Waals surface area contributed by atoms with Gasteiger partial charge < -0.3 is 10.1 Å². The minimum atomic E-state index is -3.93. The van der Waals surface area contributed by atoms with Crippen molar-refractivity contribution in [3.63, 3.8) is 0 Å². The fourth-order valence-corrected chi connectivity index (χ4v) is 5.51. The lowest BCUT2D eigenvalue weighted by atomic mass is 10.1. The average Bonchev–Trinajstić information content (AvgIpc) is 2.87. The van der Waals surface area contributed by atoms with E-state index in [0.717, 1.165) is 16.3 Å². The molecule has 0 spiro atoms. The van der Waals surface area contributed by atoms with Gasteiger partial charge in [0.05, 0.1) is 18.6 Å². The SMILES string of the molecule is COc1ccc(S(=O)(=O)N(CCc2ccccc2)CC(=O)Nc2cccc3ccccc23)cc1C. The molecule has 0 radical (unpaired) electrons. The Hall–Kier alpha value is -3.68. The number of rotatable bonds is 9. The number of carbonyl (C=O) groups is 1. The van der Waals surface area contributed by atoms with Gasteiger partial charge in [0, 0.05) is 17.6 Å². The quantitative estimate of drug-likeness (QED) is 0.359. The molecule has 0 aromatic heterocycles. The predicted octanol–water partition coefficient (Wildman–Crippen LogP) is 5.03. The van der Waals surface area contributed by atoms with Crippen LogP contribution in [0.5, 0.6) is 5.75 Å². The molecule has 1 N–H and O–H groups in total. The summed E-state index contributed by atoms with van der Waals surface area (Å²) >= 11 is 0. The summed E-state index contributed by atoms with van der Waals surface area (Å²) in [4.78, 5) is 13.2. The Labute approximate surface area is 206 Å². The molecule has 35 heavy (non-hydrogen) atoms. The first-order chi connectivity index (χ1) is 16.9. The van der Waals surface area contributed by atoms with Crippen LogP contribution in [0.2, 0.25) is 0 Å². The second-order valence-electron chi connectivity index (χ2n) is 8.28. The lowest BCUT2D eigenvalue weighted by molar-refractivity contribution is -0.116. The van der Waals surface area contributed by atoms with Crippen LogP contribution < -0.4 is 10.1 Å². The summed E-state index contributed by atoms with van der Waals surface area (Å²) in [5, 5.41) is 4.79. The number of aryl methyl sites for hydroxylation is 1. The van der Waals surface area contributed by atoms with E-state index < -0.39 is 15.9 Å². The lowest BCUT2D eigenvalue weighted by Gasteiger charge is -2.22. The largest absolute Gasteiger partial charge is 0.496 e. The molecule has 0 fully saturated rings. The van der Waals surface area contributed by atoms with Crippen molar-refractivity contribution in [3.8, 4) is 5.75 Å². The van der Waals surface area contributed by atoms with E-state index >= 15 is 0 Å². The zero-order chi connectivity index (χ0) is 24.8. The average molecular weight is 489 g/mol. The van der Waals surface area contributed by atoms with Crippen molar-refractivity contribution in [2.45, 2.75) is 18.2 Å². The van der Waals surface area contributed by atoms with Crippen LogP contribution in [0, 0.1) is 6.92 Å². The summed E-state index contributed by atoms with van der Waals surface area (Å²) in [6.07, 6.45) is 0.483. The molecule has 7 heteroatoms. The van der Waals surface area contributed by atoms with Gasteiger partial charge in [0.15, 0.2) is 0 Å². The molecule has 0 saturated heterocycles. The maximum absolute atomic E-state index is 13.6. The van der Waals surface area contributed by atoms with E-state index in [-0.39, 0.29) is 18.0 Å². The van der Waals surface area contributed by atoms with Crippen LogP contribution in [0.1, 0.15) is 11.1 Å². The second kappa shape index (κ2) is 10.7. The Morgan fingerprint density at radius 3 is 2.37 bits per heavy atom. The molecule has 1 amide bonds. The van der Waals surface area contributed by atoms with Gasteiger partial charge in [-0.2, -0.15) is 4.31 Å². The van der Waals surface area contributed by atoms with Crippen LogP contribution in [0.3, 0.4) is 0 Å². The van der Waals surface area contributed by atoms with Gasteiger partial charge in [0.1, 0.15) is 5.75 Å². The van der Waals surface area contributed by atoms with Crippen LogP contribution >= 0.6 is 0 Å². The van der Waals surface area contributed by atoms with Crippen molar-refractivity contribution in [2.24, 2.45) is 0 Å².